The average molecular weight is 683 g/mol. The second-order valence-corrected chi connectivity index (χ2v) is 20.2. The molecule has 4 heteroatoms. The number of aromatic nitrogens is 2. The van der Waals surface area contributed by atoms with Crippen LogP contribution in [0.15, 0.2) is 156 Å². The maximum atomic E-state index is 6.95. The van der Waals surface area contributed by atoms with Crippen molar-refractivity contribution in [3.05, 3.63) is 152 Å². The Kier molecular flexibility index (Phi) is 6.04. The summed E-state index contributed by atoms with van der Waals surface area (Å²) in [6.45, 7) is 7.22. The molecule has 0 unspecified atom stereocenters. The number of hydrogen-bond acceptors (Lipinski definition) is 2. The van der Waals surface area contributed by atoms with E-state index in [1.807, 2.05) is 0 Å². The SMILES string of the molecule is C[Si](C)(C)c1ccc2c(ccc3cc4c(cc32)oc2c(-c3nc5cccc6c7ccccc7c7ccccc7c7ccccc7n3c56)cccc24)c1. The molecule has 0 aliphatic heterocycles. The van der Waals surface area contributed by atoms with Crippen molar-refractivity contribution < 1.29 is 4.42 Å². The molecule has 0 radical (unpaired) electrons. The highest BCUT2D eigenvalue weighted by atomic mass is 28.3. The highest BCUT2D eigenvalue weighted by Crippen LogP contribution is 2.41. The molecule has 0 saturated heterocycles. The number of nitrogens with zero attached hydrogens (tertiary/aromatic N) is 2. The summed E-state index contributed by atoms with van der Waals surface area (Å²) < 4.78 is 9.33. The van der Waals surface area contributed by atoms with Crippen molar-refractivity contribution in [2.24, 2.45) is 0 Å². The molecule has 3 aromatic heterocycles. The summed E-state index contributed by atoms with van der Waals surface area (Å²) in [5.41, 5.74) is 5.85. The molecule has 0 saturated carbocycles. The molecular weight excluding hydrogens is 649 g/mol. The van der Waals surface area contributed by atoms with Crippen LogP contribution in [0.2, 0.25) is 19.6 Å². The summed E-state index contributed by atoms with van der Waals surface area (Å²) in [5.74, 6) is 0.866. The van der Waals surface area contributed by atoms with Crippen LogP contribution in [0, 0.1) is 0 Å². The summed E-state index contributed by atoms with van der Waals surface area (Å²) in [7, 11) is -1.43. The molecule has 3 nitrogen and oxygen atoms in total. The minimum Gasteiger partial charge on any atom is -0.455 e. The molecule has 246 valence electrons. The van der Waals surface area contributed by atoms with Crippen molar-refractivity contribution in [2.75, 3.05) is 0 Å². The number of para-hydroxylation sites is 3. The Morgan fingerprint density at radius 3 is 1.85 bits per heavy atom. The molecule has 0 bridgehead atoms. The van der Waals surface area contributed by atoms with E-state index in [2.05, 4.69) is 176 Å². The lowest BCUT2D eigenvalue weighted by atomic mass is 9.99. The first-order chi connectivity index (χ1) is 25.4. The molecular formula is C48H34N2OSi. The van der Waals surface area contributed by atoms with Crippen LogP contribution >= 0.6 is 0 Å². The van der Waals surface area contributed by atoms with E-state index in [9.17, 15) is 0 Å². The van der Waals surface area contributed by atoms with Gasteiger partial charge in [-0.3, -0.25) is 4.40 Å². The molecule has 0 spiro atoms. The van der Waals surface area contributed by atoms with Crippen LogP contribution in [-0.4, -0.2) is 17.5 Å². The first-order valence-corrected chi connectivity index (χ1v) is 21.5. The van der Waals surface area contributed by atoms with Gasteiger partial charge in [0.15, 0.2) is 0 Å². The van der Waals surface area contributed by atoms with E-state index >= 15 is 0 Å². The molecule has 0 aliphatic rings. The molecule has 0 fully saturated rings. The lowest BCUT2D eigenvalue weighted by Gasteiger charge is -2.17. The third kappa shape index (κ3) is 4.16. The second-order valence-electron chi connectivity index (χ2n) is 15.2. The Labute approximate surface area is 301 Å². The Morgan fingerprint density at radius 2 is 1.10 bits per heavy atom. The van der Waals surface area contributed by atoms with Crippen LogP contribution in [0.25, 0.3) is 104 Å². The molecule has 0 aliphatic carbocycles. The average Bonchev–Trinajstić information content (AvgIpc) is 3.75. The van der Waals surface area contributed by atoms with Crippen molar-refractivity contribution in [1.29, 1.82) is 0 Å². The van der Waals surface area contributed by atoms with E-state index in [-0.39, 0.29) is 0 Å². The van der Waals surface area contributed by atoms with Gasteiger partial charge in [0, 0.05) is 21.5 Å². The summed E-state index contributed by atoms with van der Waals surface area (Å²) >= 11 is 0. The monoisotopic (exact) mass is 682 g/mol. The third-order valence-corrected chi connectivity index (χ3v) is 13.1. The van der Waals surface area contributed by atoms with Crippen molar-refractivity contribution in [3.63, 3.8) is 0 Å². The predicted octanol–water partition coefficient (Wildman–Crippen LogP) is 12.9. The highest BCUT2D eigenvalue weighted by Gasteiger charge is 2.21. The van der Waals surface area contributed by atoms with Crippen molar-refractivity contribution >= 4 is 106 Å². The topological polar surface area (TPSA) is 30.4 Å². The zero-order valence-electron chi connectivity index (χ0n) is 29.2. The first kappa shape index (κ1) is 29.5. The number of furan rings is 1. The van der Waals surface area contributed by atoms with Crippen molar-refractivity contribution in [2.45, 2.75) is 19.6 Å². The van der Waals surface area contributed by atoms with E-state index in [1.165, 1.54) is 48.3 Å². The number of rotatable bonds is 2. The number of imidazole rings is 1. The Morgan fingerprint density at radius 1 is 0.481 bits per heavy atom. The summed E-state index contributed by atoms with van der Waals surface area (Å²) in [4.78, 5) is 5.45. The molecule has 0 atom stereocenters. The van der Waals surface area contributed by atoms with Gasteiger partial charge in [-0.2, -0.15) is 0 Å². The van der Waals surface area contributed by atoms with Crippen molar-refractivity contribution in [1.82, 2.24) is 9.38 Å². The summed E-state index contributed by atoms with van der Waals surface area (Å²) in [6, 6.07) is 55.4. The maximum Gasteiger partial charge on any atom is 0.149 e. The van der Waals surface area contributed by atoms with E-state index in [0.717, 1.165) is 60.6 Å². The fourth-order valence-corrected chi connectivity index (χ4v) is 9.73. The van der Waals surface area contributed by atoms with Gasteiger partial charge in [-0.05, 0) is 73.4 Å². The van der Waals surface area contributed by atoms with E-state index in [1.54, 1.807) is 0 Å². The Balaban J connectivity index is 1.28. The molecule has 11 rings (SSSR count). The first-order valence-electron chi connectivity index (χ1n) is 18.0. The van der Waals surface area contributed by atoms with Crippen LogP contribution in [-0.2, 0) is 0 Å². The van der Waals surface area contributed by atoms with Gasteiger partial charge in [0.1, 0.15) is 17.0 Å². The molecule has 52 heavy (non-hydrogen) atoms. The van der Waals surface area contributed by atoms with Gasteiger partial charge < -0.3 is 4.42 Å². The van der Waals surface area contributed by atoms with E-state index in [4.69, 9.17) is 9.40 Å². The molecule has 0 amide bonds. The van der Waals surface area contributed by atoms with E-state index < -0.39 is 8.07 Å². The van der Waals surface area contributed by atoms with Crippen LogP contribution in [0.3, 0.4) is 0 Å². The number of fused-ring (bicyclic) bond motifs is 13. The second kappa shape index (κ2) is 10.6. The zero-order valence-corrected chi connectivity index (χ0v) is 30.2. The lowest BCUT2D eigenvalue weighted by Crippen LogP contribution is -2.37. The fourth-order valence-electron chi connectivity index (χ4n) is 8.56. The normalized spacial score (nSPS) is 12.5. The van der Waals surface area contributed by atoms with Crippen molar-refractivity contribution in [3.8, 4) is 11.4 Å². The van der Waals surface area contributed by atoms with Gasteiger partial charge in [0.05, 0.1) is 30.2 Å². The smallest absolute Gasteiger partial charge is 0.149 e. The quantitative estimate of drug-likeness (QED) is 0.134. The molecule has 11 aromatic rings. The van der Waals surface area contributed by atoms with Crippen LogP contribution in [0.4, 0.5) is 0 Å². The molecule has 8 aromatic carbocycles. The minimum absolute atomic E-state index is 0.851. The van der Waals surface area contributed by atoms with Crippen LogP contribution in [0.5, 0.6) is 0 Å². The fraction of sp³-hybridized carbons (Fsp3) is 0.0625. The molecule has 3 heterocycles. The lowest BCUT2D eigenvalue weighted by molar-refractivity contribution is 0.670. The van der Waals surface area contributed by atoms with Crippen LogP contribution < -0.4 is 5.19 Å². The standard InChI is InChI=1S/C48H34N2OSi/c1-52(2,3)31-24-25-32-29(26-31)22-23-30-27-42-39-18-10-19-40(47(39)51-45(42)28-41(30)32)48-49-43-20-11-17-38-36-15-7-5-13-34(36)33-12-4-6-14-35(33)37-16-8-9-21-44(37)50(48)46(38)43/h4-28H,1-3H3. The zero-order chi connectivity index (χ0) is 34.7. The predicted molar refractivity (Wildman–Crippen MR) is 225 cm³/mol. The summed E-state index contributed by atoms with van der Waals surface area (Å²) in [5, 5.41) is 15.8. The number of hydrogen-bond donors (Lipinski definition) is 0. The van der Waals surface area contributed by atoms with Crippen LogP contribution in [0.1, 0.15) is 0 Å². The van der Waals surface area contributed by atoms with Gasteiger partial charge in [-0.1, -0.05) is 146 Å². The van der Waals surface area contributed by atoms with E-state index in [0.29, 0.717) is 0 Å². The third-order valence-electron chi connectivity index (χ3n) is 11.1. The van der Waals surface area contributed by atoms with Gasteiger partial charge in [0.25, 0.3) is 0 Å². The maximum absolute atomic E-state index is 6.95. The van der Waals surface area contributed by atoms with Gasteiger partial charge >= 0.3 is 0 Å². The number of benzene rings is 8. The highest BCUT2D eigenvalue weighted by molar-refractivity contribution is 6.88. The largest absolute Gasteiger partial charge is 0.455 e. The molecule has 0 N–H and O–H groups in total. The Hall–Kier alpha value is -6.23. The van der Waals surface area contributed by atoms with Gasteiger partial charge in [0.2, 0.25) is 0 Å². The minimum atomic E-state index is -1.43. The summed E-state index contributed by atoms with van der Waals surface area (Å²) in [6.07, 6.45) is 0. The van der Waals surface area contributed by atoms with Gasteiger partial charge in [-0.25, -0.2) is 4.98 Å². The Bertz CT molecular complexity index is 3340. The van der Waals surface area contributed by atoms with Gasteiger partial charge in [-0.15, -0.1) is 0 Å².